The lowest BCUT2D eigenvalue weighted by Gasteiger charge is -2.28. The number of non-ortho nitro benzene ring substituents is 1. The van der Waals surface area contributed by atoms with Gasteiger partial charge in [-0.25, -0.2) is 8.42 Å². The standard InChI is InChI=1S/C15H12Cl2N2O5S/c1-10(15(17)20)18(12-5-2-4-11(16)8-12)25(23,24)14-7-3-6-13(9-14)19(21)22/h2-10H,1H3. The van der Waals surface area contributed by atoms with Gasteiger partial charge in [-0.1, -0.05) is 23.7 Å². The highest BCUT2D eigenvalue weighted by Crippen LogP contribution is 2.30. The quantitative estimate of drug-likeness (QED) is 0.417. The highest BCUT2D eigenvalue weighted by Gasteiger charge is 2.33. The molecule has 0 aliphatic carbocycles. The van der Waals surface area contributed by atoms with Crippen molar-refractivity contribution < 1.29 is 18.1 Å². The molecule has 25 heavy (non-hydrogen) atoms. The molecule has 0 N–H and O–H groups in total. The molecule has 10 heteroatoms. The summed E-state index contributed by atoms with van der Waals surface area (Å²) < 4.78 is 26.8. The summed E-state index contributed by atoms with van der Waals surface area (Å²) in [5, 5.41) is 10.3. The summed E-state index contributed by atoms with van der Waals surface area (Å²) in [6, 6.07) is 9.13. The van der Waals surface area contributed by atoms with Crippen LogP contribution in [0.15, 0.2) is 53.4 Å². The van der Waals surface area contributed by atoms with Crippen LogP contribution < -0.4 is 4.31 Å². The maximum Gasteiger partial charge on any atom is 0.270 e. The summed E-state index contributed by atoms with van der Waals surface area (Å²) in [5.41, 5.74) is -0.280. The third-order valence-electron chi connectivity index (χ3n) is 3.33. The van der Waals surface area contributed by atoms with Gasteiger partial charge >= 0.3 is 0 Å². The second kappa shape index (κ2) is 7.38. The fourth-order valence-corrected chi connectivity index (χ4v) is 4.14. The van der Waals surface area contributed by atoms with Crippen LogP contribution in [0.3, 0.4) is 0 Å². The highest BCUT2D eigenvalue weighted by atomic mass is 35.5. The zero-order valence-electron chi connectivity index (χ0n) is 12.8. The zero-order valence-corrected chi connectivity index (χ0v) is 15.1. The van der Waals surface area contributed by atoms with Gasteiger partial charge in [0.25, 0.3) is 15.7 Å². The molecular formula is C15H12Cl2N2O5S. The summed E-state index contributed by atoms with van der Waals surface area (Å²) >= 11 is 11.4. The first kappa shape index (κ1) is 19.2. The Morgan fingerprint density at radius 2 is 1.84 bits per heavy atom. The number of hydrogen-bond donors (Lipinski definition) is 0. The Morgan fingerprint density at radius 3 is 2.40 bits per heavy atom. The summed E-state index contributed by atoms with van der Waals surface area (Å²) in [6.45, 7) is 1.31. The molecule has 0 bridgehead atoms. The number of nitro groups is 1. The van der Waals surface area contributed by atoms with Crippen molar-refractivity contribution in [1.82, 2.24) is 0 Å². The molecule has 0 fully saturated rings. The fraction of sp³-hybridized carbons (Fsp3) is 0.133. The molecule has 0 amide bonds. The predicted octanol–water partition coefficient (Wildman–Crippen LogP) is 3.60. The Labute approximate surface area is 154 Å². The molecule has 2 rings (SSSR count). The molecule has 7 nitrogen and oxygen atoms in total. The Hall–Kier alpha value is -2.16. The number of carbonyl (C=O) groups excluding carboxylic acids is 1. The van der Waals surface area contributed by atoms with Crippen LogP contribution in [0.4, 0.5) is 11.4 Å². The van der Waals surface area contributed by atoms with Gasteiger partial charge in [-0.15, -0.1) is 0 Å². The van der Waals surface area contributed by atoms with E-state index in [4.69, 9.17) is 23.2 Å². The summed E-state index contributed by atoms with van der Waals surface area (Å²) in [5.74, 6) is 0. The third-order valence-corrected chi connectivity index (χ3v) is 5.77. The van der Waals surface area contributed by atoms with Crippen LogP contribution in [-0.4, -0.2) is 24.6 Å². The topological polar surface area (TPSA) is 97.6 Å². The van der Waals surface area contributed by atoms with Gasteiger partial charge in [0, 0.05) is 17.2 Å². The molecule has 0 aliphatic heterocycles. The minimum Gasteiger partial charge on any atom is -0.279 e. The number of anilines is 1. The summed E-state index contributed by atoms with van der Waals surface area (Å²) in [7, 11) is -4.31. The Balaban J connectivity index is 2.65. The highest BCUT2D eigenvalue weighted by molar-refractivity contribution is 7.93. The molecule has 2 aromatic carbocycles. The Morgan fingerprint density at radius 1 is 1.20 bits per heavy atom. The van der Waals surface area contributed by atoms with E-state index in [2.05, 4.69) is 0 Å². The van der Waals surface area contributed by atoms with Crippen molar-refractivity contribution in [2.24, 2.45) is 0 Å². The van der Waals surface area contributed by atoms with Crippen molar-refractivity contribution in [3.05, 3.63) is 63.7 Å². The first-order valence-electron chi connectivity index (χ1n) is 6.88. The summed E-state index contributed by atoms with van der Waals surface area (Å²) in [6.07, 6.45) is 0. The van der Waals surface area contributed by atoms with E-state index in [1.807, 2.05) is 0 Å². The second-order valence-corrected chi connectivity index (χ2v) is 7.64. The number of rotatable bonds is 6. The molecule has 0 aromatic heterocycles. The van der Waals surface area contributed by atoms with E-state index < -0.39 is 31.9 Å². The van der Waals surface area contributed by atoms with E-state index in [1.165, 1.54) is 49.4 Å². The van der Waals surface area contributed by atoms with E-state index >= 15 is 0 Å². The van der Waals surface area contributed by atoms with E-state index in [-0.39, 0.29) is 15.6 Å². The van der Waals surface area contributed by atoms with Gasteiger partial charge in [0.2, 0.25) is 5.24 Å². The molecule has 0 aliphatic rings. The molecule has 0 saturated carbocycles. The predicted molar refractivity (Wildman–Crippen MR) is 94.5 cm³/mol. The van der Waals surface area contributed by atoms with E-state index in [0.29, 0.717) is 0 Å². The van der Waals surface area contributed by atoms with Crippen molar-refractivity contribution >= 4 is 49.8 Å². The first-order chi connectivity index (χ1) is 11.6. The number of halogens is 2. The van der Waals surface area contributed by atoms with Gasteiger partial charge < -0.3 is 0 Å². The molecule has 2 aromatic rings. The van der Waals surface area contributed by atoms with E-state index in [9.17, 15) is 23.3 Å². The lowest BCUT2D eigenvalue weighted by molar-refractivity contribution is -0.385. The number of benzene rings is 2. The van der Waals surface area contributed by atoms with Gasteiger partial charge in [0.05, 0.1) is 15.5 Å². The molecule has 0 heterocycles. The average Bonchev–Trinajstić information content (AvgIpc) is 2.54. The average molecular weight is 403 g/mol. The van der Waals surface area contributed by atoms with Crippen molar-refractivity contribution in [3.8, 4) is 0 Å². The maximum atomic E-state index is 13.0. The van der Waals surface area contributed by atoms with Crippen LogP contribution in [0.5, 0.6) is 0 Å². The van der Waals surface area contributed by atoms with Crippen molar-refractivity contribution in [3.63, 3.8) is 0 Å². The van der Waals surface area contributed by atoms with Gasteiger partial charge in [-0.3, -0.25) is 19.2 Å². The van der Waals surface area contributed by atoms with Crippen molar-refractivity contribution in [2.45, 2.75) is 17.9 Å². The van der Waals surface area contributed by atoms with Crippen LogP contribution in [0.2, 0.25) is 5.02 Å². The Kier molecular flexibility index (Phi) is 5.66. The van der Waals surface area contributed by atoms with E-state index in [1.54, 1.807) is 0 Å². The van der Waals surface area contributed by atoms with Crippen molar-refractivity contribution in [1.29, 1.82) is 0 Å². The zero-order chi connectivity index (χ0) is 18.8. The maximum absolute atomic E-state index is 13.0. The number of nitro benzene ring substituents is 1. The van der Waals surface area contributed by atoms with Crippen LogP contribution in [0, 0.1) is 10.1 Å². The Bertz CT molecular complexity index is 933. The molecule has 0 saturated heterocycles. The molecular weight excluding hydrogens is 391 g/mol. The largest absolute Gasteiger partial charge is 0.279 e. The first-order valence-corrected chi connectivity index (χ1v) is 9.08. The molecule has 1 atom stereocenters. The molecule has 1 unspecified atom stereocenters. The SMILES string of the molecule is CC(C(=O)Cl)N(c1cccc(Cl)c1)S(=O)(=O)c1cccc([N+](=O)[O-])c1. The third kappa shape index (κ3) is 4.09. The lowest BCUT2D eigenvalue weighted by Crippen LogP contribution is -2.42. The van der Waals surface area contributed by atoms with Crippen LogP contribution in [0.25, 0.3) is 0 Å². The van der Waals surface area contributed by atoms with Crippen molar-refractivity contribution in [2.75, 3.05) is 4.31 Å². The van der Waals surface area contributed by atoms with Crippen LogP contribution >= 0.6 is 23.2 Å². The number of hydrogen-bond acceptors (Lipinski definition) is 5. The number of carbonyl (C=O) groups is 1. The van der Waals surface area contributed by atoms with Gasteiger partial charge in [-0.05, 0) is 42.8 Å². The van der Waals surface area contributed by atoms with Gasteiger partial charge in [0.1, 0.15) is 6.04 Å². The molecule has 0 spiro atoms. The molecule has 0 radical (unpaired) electrons. The number of sulfonamides is 1. The molecule has 132 valence electrons. The minimum absolute atomic E-state index is 0.112. The minimum atomic E-state index is -4.31. The smallest absolute Gasteiger partial charge is 0.270 e. The fourth-order valence-electron chi connectivity index (χ4n) is 2.15. The summed E-state index contributed by atoms with van der Waals surface area (Å²) in [4.78, 5) is 21.5. The second-order valence-electron chi connectivity index (χ2n) is 5.02. The monoisotopic (exact) mass is 402 g/mol. The lowest BCUT2D eigenvalue weighted by atomic mass is 10.3. The number of nitrogens with zero attached hydrogens (tertiary/aromatic N) is 2. The van der Waals surface area contributed by atoms with E-state index in [0.717, 1.165) is 10.4 Å². The van der Waals surface area contributed by atoms with Gasteiger partial charge in [0.15, 0.2) is 0 Å². The normalized spacial score (nSPS) is 12.4. The van der Waals surface area contributed by atoms with Crippen LogP contribution in [0.1, 0.15) is 6.92 Å². The van der Waals surface area contributed by atoms with Crippen LogP contribution in [-0.2, 0) is 14.8 Å². The van der Waals surface area contributed by atoms with Gasteiger partial charge in [-0.2, -0.15) is 0 Å².